The van der Waals surface area contributed by atoms with Crippen molar-refractivity contribution in [1.82, 2.24) is 0 Å². The van der Waals surface area contributed by atoms with E-state index in [1.807, 2.05) is 0 Å². The third-order valence-electron chi connectivity index (χ3n) is 2.89. The molecule has 0 aliphatic heterocycles. The largest absolute Gasteiger partial charge is 0.0668 e. The van der Waals surface area contributed by atoms with Crippen molar-refractivity contribution in [1.29, 1.82) is 0 Å². The number of allylic oxidation sites excluding steroid dienone is 1. The Labute approximate surface area is 80.3 Å². The number of rotatable bonds is 1. The average Bonchev–Trinajstić information content (AvgIpc) is 2.54. The van der Waals surface area contributed by atoms with Crippen molar-refractivity contribution in [3.05, 3.63) is 41.5 Å². The van der Waals surface area contributed by atoms with Crippen molar-refractivity contribution in [2.24, 2.45) is 5.92 Å². The van der Waals surface area contributed by atoms with Gasteiger partial charge in [-0.15, -0.1) is 0 Å². The lowest BCUT2D eigenvalue weighted by atomic mass is 10.0. The lowest BCUT2D eigenvalue weighted by Crippen LogP contribution is -1.87. The van der Waals surface area contributed by atoms with Crippen LogP contribution in [-0.2, 0) is 0 Å². The van der Waals surface area contributed by atoms with E-state index in [0.717, 1.165) is 5.92 Å². The molecule has 1 aromatic rings. The van der Waals surface area contributed by atoms with Gasteiger partial charge >= 0.3 is 0 Å². The molecule has 0 saturated heterocycles. The van der Waals surface area contributed by atoms with Crippen LogP contribution < -0.4 is 0 Å². The Kier molecular flexibility index (Phi) is 2.49. The van der Waals surface area contributed by atoms with E-state index in [4.69, 9.17) is 0 Å². The minimum atomic E-state index is 0.806. The van der Waals surface area contributed by atoms with Crippen molar-refractivity contribution in [3.8, 4) is 0 Å². The molecule has 0 spiro atoms. The van der Waals surface area contributed by atoms with E-state index < -0.39 is 0 Å². The van der Waals surface area contributed by atoms with Crippen LogP contribution in [0.1, 0.15) is 31.7 Å². The lowest BCUT2D eigenvalue weighted by Gasteiger charge is -2.03. The Bertz CT molecular complexity index is 295. The molecule has 1 saturated carbocycles. The maximum atomic E-state index is 2.36. The molecule has 2 rings (SSSR count). The number of hydrogen-bond donors (Lipinski definition) is 0. The van der Waals surface area contributed by atoms with E-state index in [2.05, 4.69) is 43.3 Å². The van der Waals surface area contributed by atoms with Gasteiger partial charge in [0.05, 0.1) is 0 Å². The van der Waals surface area contributed by atoms with Crippen molar-refractivity contribution in [2.75, 3.05) is 0 Å². The Balaban J connectivity index is 2.20. The summed E-state index contributed by atoms with van der Waals surface area (Å²) < 4.78 is 0. The summed E-state index contributed by atoms with van der Waals surface area (Å²) in [5.41, 5.74) is 2.98. The highest BCUT2D eigenvalue weighted by molar-refractivity contribution is 5.53. The molecular formula is C13H16. The third kappa shape index (κ3) is 2.00. The van der Waals surface area contributed by atoms with E-state index in [1.54, 1.807) is 5.57 Å². The zero-order chi connectivity index (χ0) is 9.10. The summed E-state index contributed by atoms with van der Waals surface area (Å²) in [5, 5.41) is 0. The predicted molar refractivity (Wildman–Crippen MR) is 57.4 cm³/mol. The second kappa shape index (κ2) is 3.78. The van der Waals surface area contributed by atoms with E-state index in [-0.39, 0.29) is 0 Å². The summed E-state index contributed by atoms with van der Waals surface area (Å²) >= 11 is 0. The quantitative estimate of drug-likeness (QED) is 0.603. The van der Waals surface area contributed by atoms with Crippen LogP contribution in [0.3, 0.4) is 0 Å². The summed E-state index contributed by atoms with van der Waals surface area (Å²) in [7, 11) is 0. The van der Waals surface area contributed by atoms with Gasteiger partial charge in [-0.1, -0.05) is 48.9 Å². The Morgan fingerprint density at radius 3 is 2.62 bits per heavy atom. The van der Waals surface area contributed by atoms with Crippen LogP contribution in [0.5, 0.6) is 0 Å². The Hall–Kier alpha value is -1.04. The molecule has 1 fully saturated rings. The fourth-order valence-corrected chi connectivity index (χ4v) is 2.02. The van der Waals surface area contributed by atoms with Gasteiger partial charge in [0, 0.05) is 0 Å². The normalized spacial score (nSPS) is 25.3. The van der Waals surface area contributed by atoms with Crippen molar-refractivity contribution in [2.45, 2.75) is 26.2 Å². The van der Waals surface area contributed by atoms with E-state index in [1.165, 1.54) is 24.8 Å². The molecule has 0 amide bonds. The highest BCUT2D eigenvalue weighted by Gasteiger charge is 2.15. The molecule has 1 aliphatic carbocycles. The number of hydrogen-bond acceptors (Lipinski definition) is 0. The summed E-state index contributed by atoms with van der Waals surface area (Å²) in [6.45, 7) is 2.34. The highest BCUT2D eigenvalue weighted by Crippen LogP contribution is 2.31. The molecular weight excluding hydrogens is 156 g/mol. The van der Waals surface area contributed by atoms with Crippen LogP contribution >= 0.6 is 0 Å². The summed E-state index contributed by atoms with van der Waals surface area (Å²) in [6.07, 6.45) is 6.41. The third-order valence-corrected chi connectivity index (χ3v) is 2.89. The molecule has 1 aliphatic rings. The van der Waals surface area contributed by atoms with Gasteiger partial charge in [-0.3, -0.25) is 0 Å². The van der Waals surface area contributed by atoms with Gasteiger partial charge in [0.1, 0.15) is 0 Å². The summed E-state index contributed by atoms with van der Waals surface area (Å²) in [5.74, 6) is 0.806. The van der Waals surface area contributed by atoms with Gasteiger partial charge in [0.25, 0.3) is 0 Å². The molecule has 0 aromatic heterocycles. The maximum absolute atomic E-state index is 2.36. The van der Waals surface area contributed by atoms with Gasteiger partial charge in [-0.25, -0.2) is 0 Å². The minimum absolute atomic E-state index is 0.806. The molecule has 0 heterocycles. The van der Waals surface area contributed by atoms with Gasteiger partial charge in [-0.2, -0.15) is 0 Å². The Morgan fingerprint density at radius 2 is 2.00 bits per heavy atom. The second-order valence-corrected chi connectivity index (χ2v) is 3.92. The molecule has 0 bridgehead atoms. The van der Waals surface area contributed by atoms with Crippen LogP contribution in [0.2, 0.25) is 0 Å². The zero-order valence-electron chi connectivity index (χ0n) is 8.16. The van der Waals surface area contributed by atoms with E-state index in [9.17, 15) is 0 Å². The van der Waals surface area contributed by atoms with Crippen LogP contribution in [-0.4, -0.2) is 0 Å². The van der Waals surface area contributed by atoms with Crippen LogP contribution in [0.15, 0.2) is 35.9 Å². The first-order chi connectivity index (χ1) is 6.36. The minimum Gasteiger partial charge on any atom is -0.0668 e. The first-order valence-electron chi connectivity index (χ1n) is 5.12. The first kappa shape index (κ1) is 8.55. The van der Waals surface area contributed by atoms with Crippen molar-refractivity contribution < 1.29 is 0 Å². The van der Waals surface area contributed by atoms with E-state index in [0.29, 0.717) is 0 Å². The molecule has 0 N–H and O–H groups in total. The van der Waals surface area contributed by atoms with Crippen LogP contribution in [0.4, 0.5) is 0 Å². The van der Waals surface area contributed by atoms with Gasteiger partial charge in [0.2, 0.25) is 0 Å². The summed E-state index contributed by atoms with van der Waals surface area (Å²) in [6, 6.07) is 10.6. The van der Waals surface area contributed by atoms with Crippen LogP contribution in [0.25, 0.3) is 6.08 Å². The van der Waals surface area contributed by atoms with Gasteiger partial charge in [0.15, 0.2) is 0 Å². The fraction of sp³-hybridized carbons (Fsp3) is 0.385. The zero-order valence-corrected chi connectivity index (χ0v) is 8.16. The number of benzene rings is 1. The molecule has 1 atom stereocenters. The van der Waals surface area contributed by atoms with Gasteiger partial charge in [-0.05, 0) is 30.7 Å². The highest BCUT2D eigenvalue weighted by atomic mass is 14.2. The van der Waals surface area contributed by atoms with Crippen LogP contribution in [0, 0.1) is 5.92 Å². The molecule has 13 heavy (non-hydrogen) atoms. The molecule has 1 aromatic carbocycles. The predicted octanol–water partition coefficient (Wildman–Crippen LogP) is 3.89. The molecule has 0 nitrogen and oxygen atoms in total. The maximum Gasteiger partial charge on any atom is -0.0228 e. The fourth-order valence-electron chi connectivity index (χ4n) is 2.02. The monoisotopic (exact) mass is 172 g/mol. The first-order valence-corrected chi connectivity index (χ1v) is 5.12. The Morgan fingerprint density at radius 1 is 1.23 bits per heavy atom. The lowest BCUT2D eigenvalue weighted by molar-refractivity contribution is 0.698. The molecule has 0 radical (unpaired) electrons. The van der Waals surface area contributed by atoms with Gasteiger partial charge < -0.3 is 0 Å². The topological polar surface area (TPSA) is 0 Å². The molecule has 1 unspecified atom stereocenters. The second-order valence-electron chi connectivity index (χ2n) is 3.92. The van der Waals surface area contributed by atoms with Crippen molar-refractivity contribution in [3.63, 3.8) is 0 Å². The van der Waals surface area contributed by atoms with Crippen molar-refractivity contribution >= 4 is 6.08 Å². The SMILES string of the molecule is CC1CCC/C1=C/c1ccccc1. The smallest absolute Gasteiger partial charge is 0.0228 e. The molecule has 68 valence electrons. The molecule has 0 heteroatoms. The van der Waals surface area contributed by atoms with E-state index >= 15 is 0 Å². The average molecular weight is 172 g/mol. The standard InChI is InChI=1S/C13H16/c1-11-6-5-9-13(11)10-12-7-3-2-4-8-12/h2-4,7-8,10-11H,5-6,9H2,1H3/b13-10-. The summed E-state index contributed by atoms with van der Waals surface area (Å²) in [4.78, 5) is 0.